The monoisotopic (exact) mass is 178 g/mol. The molecule has 6 atom stereocenters. The first-order valence-electron chi connectivity index (χ1n) is 3.87. The standard InChI is InChI=1S/C7H14O5/c1-2-3(8)5(10)7(12)6(11)4(2)9/h2-12H,1H3/t2-,3-,4+,5+,6-,7-. The lowest BCUT2D eigenvalue weighted by molar-refractivity contribution is -0.200. The van der Waals surface area contributed by atoms with Crippen LogP contribution in [0.15, 0.2) is 0 Å². The summed E-state index contributed by atoms with van der Waals surface area (Å²) in [4.78, 5) is 0. The third kappa shape index (κ3) is 1.34. The van der Waals surface area contributed by atoms with Crippen LogP contribution >= 0.6 is 0 Å². The van der Waals surface area contributed by atoms with Crippen molar-refractivity contribution >= 4 is 0 Å². The number of hydrogen-bond acceptors (Lipinski definition) is 5. The Bertz CT molecular complexity index is 103. The second-order valence-electron chi connectivity index (χ2n) is 3.31. The molecule has 1 aliphatic carbocycles. The lowest BCUT2D eigenvalue weighted by Crippen LogP contribution is -2.60. The molecule has 12 heavy (non-hydrogen) atoms. The van der Waals surface area contributed by atoms with E-state index >= 15 is 0 Å². The SMILES string of the molecule is C[C@@H]1[C@@H](O)[C@H](O)[C@@H](O)[C@H](O)[C@H]1O. The van der Waals surface area contributed by atoms with Crippen LogP contribution in [0.1, 0.15) is 6.92 Å². The maximum atomic E-state index is 9.22. The van der Waals surface area contributed by atoms with Crippen LogP contribution in [-0.4, -0.2) is 56.1 Å². The van der Waals surface area contributed by atoms with Gasteiger partial charge in [-0.1, -0.05) is 6.92 Å². The normalized spacial score (nSPS) is 55.5. The van der Waals surface area contributed by atoms with Crippen molar-refractivity contribution in [2.75, 3.05) is 0 Å². The van der Waals surface area contributed by atoms with Crippen LogP contribution in [0, 0.1) is 5.92 Å². The maximum Gasteiger partial charge on any atom is 0.111 e. The summed E-state index contributed by atoms with van der Waals surface area (Å²) in [7, 11) is 0. The predicted molar refractivity (Wildman–Crippen MR) is 39.2 cm³/mol. The number of rotatable bonds is 0. The molecule has 0 radical (unpaired) electrons. The molecule has 0 aromatic rings. The smallest absolute Gasteiger partial charge is 0.111 e. The van der Waals surface area contributed by atoms with Crippen LogP contribution in [0.25, 0.3) is 0 Å². The Morgan fingerprint density at radius 1 is 0.583 bits per heavy atom. The summed E-state index contributed by atoms with van der Waals surface area (Å²) in [6.07, 6.45) is -6.65. The van der Waals surface area contributed by atoms with Crippen LogP contribution in [0.2, 0.25) is 0 Å². The lowest BCUT2D eigenvalue weighted by atomic mass is 9.80. The number of aliphatic hydroxyl groups is 5. The van der Waals surface area contributed by atoms with E-state index in [9.17, 15) is 10.2 Å². The van der Waals surface area contributed by atoms with Gasteiger partial charge >= 0.3 is 0 Å². The summed E-state index contributed by atoms with van der Waals surface area (Å²) in [6, 6.07) is 0. The van der Waals surface area contributed by atoms with Gasteiger partial charge in [-0.15, -0.1) is 0 Å². The molecule has 72 valence electrons. The first kappa shape index (κ1) is 9.88. The highest BCUT2D eigenvalue weighted by Crippen LogP contribution is 2.25. The lowest BCUT2D eigenvalue weighted by Gasteiger charge is -2.40. The minimum atomic E-state index is -1.48. The van der Waals surface area contributed by atoms with E-state index in [4.69, 9.17) is 15.3 Å². The van der Waals surface area contributed by atoms with E-state index in [0.717, 1.165) is 0 Å². The quantitative estimate of drug-likeness (QED) is 0.281. The summed E-state index contributed by atoms with van der Waals surface area (Å²) in [5.74, 6) is -0.640. The van der Waals surface area contributed by atoms with Gasteiger partial charge in [-0.3, -0.25) is 0 Å². The molecule has 0 unspecified atom stereocenters. The molecule has 1 rings (SSSR count). The van der Waals surface area contributed by atoms with Gasteiger partial charge in [0, 0.05) is 5.92 Å². The number of aliphatic hydroxyl groups excluding tert-OH is 5. The van der Waals surface area contributed by atoms with Gasteiger partial charge in [-0.05, 0) is 0 Å². The molecule has 0 saturated heterocycles. The van der Waals surface area contributed by atoms with E-state index in [-0.39, 0.29) is 0 Å². The highest BCUT2D eigenvalue weighted by Gasteiger charge is 2.45. The zero-order chi connectivity index (χ0) is 9.46. The molecule has 1 saturated carbocycles. The molecule has 0 heterocycles. The molecule has 0 bridgehead atoms. The van der Waals surface area contributed by atoms with Crippen LogP contribution in [0.4, 0.5) is 0 Å². The van der Waals surface area contributed by atoms with Gasteiger partial charge in [0.25, 0.3) is 0 Å². The second kappa shape index (κ2) is 3.27. The Morgan fingerprint density at radius 3 is 1.17 bits per heavy atom. The highest BCUT2D eigenvalue weighted by atomic mass is 16.4. The van der Waals surface area contributed by atoms with E-state index in [0.29, 0.717) is 0 Å². The summed E-state index contributed by atoms with van der Waals surface area (Å²) < 4.78 is 0. The fourth-order valence-electron chi connectivity index (χ4n) is 1.43. The van der Waals surface area contributed by atoms with Gasteiger partial charge < -0.3 is 25.5 Å². The Labute approximate surface area is 69.9 Å². The third-order valence-corrected chi connectivity index (χ3v) is 2.48. The second-order valence-corrected chi connectivity index (χ2v) is 3.31. The molecule has 5 nitrogen and oxygen atoms in total. The Hall–Kier alpha value is -0.200. The van der Waals surface area contributed by atoms with E-state index in [1.165, 1.54) is 6.92 Å². The molecule has 0 aliphatic heterocycles. The molecular formula is C7H14O5. The predicted octanol–water partition coefficient (Wildman–Crippen LogP) is -2.56. The summed E-state index contributed by atoms with van der Waals surface area (Å²) in [5.41, 5.74) is 0. The fraction of sp³-hybridized carbons (Fsp3) is 1.00. The molecule has 1 fully saturated rings. The van der Waals surface area contributed by atoms with Crippen molar-refractivity contribution < 1.29 is 25.5 Å². The van der Waals surface area contributed by atoms with Crippen molar-refractivity contribution in [1.29, 1.82) is 0 Å². The van der Waals surface area contributed by atoms with Gasteiger partial charge in [0.15, 0.2) is 0 Å². The van der Waals surface area contributed by atoms with Crippen molar-refractivity contribution in [3.05, 3.63) is 0 Å². The maximum absolute atomic E-state index is 9.22. The van der Waals surface area contributed by atoms with Crippen LogP contribution < -0.4 is 0 Å². The van der Waals surface area contributed by atoms with Crippen molar-refractivity contribution in [2.45, 2.75) is 37.4 Å². The molecule has 0 amide bonds. The van der Waals surface area contributed by atoms with Crippen molar-refractivity contribution in [3.8, 4) is 0 Å². The van der Waals surface area contributed by atoms with E-state index in [2.05, 4.69) is 0 Å². The molecule has 5 N–H and O–H groups in total. The van der Waals surface area contributed by atoms with Crippen molar-refractivity contribution in [1.82, 2.24) is 0 Å². The molecule has 0 aromatic carbocycles. The average molecular weight is 178 g/mol. The first-order chi connectivity index (χ1) is 5.46. The van der Waals surface area contributed by atoms with Crippen LogP contribution in [0.3, 0.4) is 0 Å². The van der Waals surface area contributed by atoms with Gasteiger partial charge in [-0.25, -0.2) is 0 Å². The van der Waals surface area contributed by atoms with Crippen molar-refractivity contribution in [3.63, 3.8) is 0 Å². The van der Waals surface area contributed by atoms with Crippen LogP contribution in [0.5, 0.6) is 0 Å². The van der Waals surface area contributed by atoms with E-state index in [1.54, 1.807) is 0 Å². The van der Waals surface area contributed by atoms with Gasteiger partial charge in [0.2, 0.25) is 0 Å². The zero-order valence-electron chi connectivity index (χ0n) is 6.70. The average Bonchev–Trinajstić information content (AvgIpc) is 2.08. The Morgan fingerprint density at radius 2 is 0.833 bits per heavy atom. The topological polar surface area (TPSA) is 101 Å². The third-order valence-electron chi connectivity index (χ3n) is 2.48. The first-order valence-corrected chi connectivity index (χ1v) is 3.87. The zero-order valence-corrected chi connectivity index (χ0v) is 6.70. The molecule has 5 heteroatoms. The Balaban J connectivity index is 2.76. The largest absolute Gasteiger partial charge is 0.390 e. The highest BCUT2D eigenvalue weighted by molar-refractivity contribution is 4.96. The van der Waals surface area contributed by atoms with Gasteiger partial charge in [0.1, 0.15) is 18.3 Å². The molecular weight excluding hydrogens is 164 g/mol. The summed E-state index contributed by atoms with van der Waals surface area (Å²) in [6.45, 7) is 1.49. The molecule has 0 spiro atoms. The minimum Gasteiger partial charge on any atom is -0.390 e. The minimum absolute atomic E-state index is 0.640. The molecule has 0 aromatic heterocycles. The summed E-state index contributed by atoms with van der Waals surface area (Å²) in [5, 5.41) is 45.8. The van der Waals surface area contributed by atoms with Crippen LogP contribution in [-0.2, 0) is 0 Å². The van der Waals surface area contributed by atoms with E-state index in [1.807, 2.05) is 0 Å². The Kier molecular flexibility index (Phi) is 2.70. The molecule has 1 aliphatic rings. The fourth-order valence-corrected chi connectivity index (χ4v) is 1.43. The van der Waals surface area contributed by atoms with Gasteiger partial charge in [-0.2, -0.15) is 0 Å². The number of hydrogen-bond donors (Lipinski definition) is 5. The summed E-state index contributed by atoms with van der Waals surface area (Å²) >= 11 is 0. The van der Waals surface area contributed by atoms with Crippen molar-refractivity contribution in [2.24, 2.45) is 5.92 Å². The van der Waals surface area contributed by atoms with Gasteiger partial charge in [0.05, 0.1) is 12.2 Å². The van der Waals surface area contributed by atoms with E-state index < -0.39 is 36.4 Å².